The highest BCUT2D eigenvalue weighted by molar-refractivity contribution is 5.65. The number of allylic oxidation sites excluding steroid dienone is 3. The third-order valence-corrected chi connectivity index (χ3v) is 0.642. The van der Waals surface area contributed by atoms with E-state index in [-0.39, 0.29) is 0 Å². The molecule has 0 aliphatic rings. The van der Waals surface area contributed by atoms with Crippen molar-refractivity contribution in [3.63, 3.8) is 0 Å². The van der Waals surface area contributed by atoms with Gasteiger partial charge in [-0.25, -0.2) is 4.99 Å². The second kappa shape index (κ2) is 6.64. The average Bonchev–Trinajstić information content (AvgIpc) is 1.89. The van der Waals surface area contributed by atoms with Gasteiger partial charge in [-0.15, -0.1) is 0 Å². The smallest absolute Gasteiger partial charge is 0.226 e. The van der Waals surface area contributed by atoms with Crippen molar-refractivity contribution >= 4 is 6.21 Å². The second-order valence-electron chi connectivity index (χ2n) is 1.33. The molecule has 0 spiro atoms. The SMILES string of the molecule is C=C/C=C\C=[NH+]CC#N. The minimum absolute atomic E-state index is 0.349. The lowest BCUT2D eigenvalue weighted by Gasteiger charge is -1.65. The van der Waals surface area contributed by atoms with Gasteiger partial charge in [-0.1, -0.05) is 18.7 Å². The Morgan fingerprint density at radius 1 is 1.56 bits per heavy atom. The van der Waals surface area contributed by atoms with E-state index in [2.05, 4.69) is 11.6 Å². The van der Waals surface area contributed by atoms with E-state index < -0.39 is 0 Å². The molecule has 9 heavy (non-hydrogen) atoms. The molecule has 2 nitrogen and oxygen atoms in total. The highest BCUT2D eigenvalue weighted by atomic mass is 14.7. The van der Waals surface area contributed by atoms with E-state index in [1.165, 1.54) is 0 Å². The third kappa shape index (κ3) is 6.64. The molecule has 1 N–H and O–H groups in total. The van der Waals surface area contributed by atoms with E-state index in [0.717, 1.165) is 0 Å². The quantitative estimate of drug-likeness (QED) is 0.302. The van der Waals surface area contributed by atoms with Crippen LogP contribution in [-0.2, 0) is 0 Å². The molecular weight excluding hydrogens is 112 g/mol. The van der Waals surface area contributed by atoms with Crippen LogP contribution in [0.5, 0.6) is 0 Å². The van der Waals surface area contributed by atoms with Crippen LogP contribution in [0.15, 0.2) is 24.8 Å². The summed E-state index contributed by atoms with van der Waals surface area (Å²) in [4.78, 5) is 2.75. The molecule has 0 saturated carbocycles. The van der Waals surface area contributed by atoms with E-state index in [4.69, 9.17) is 5.26 Å². The van der Waals surface area contributed by atoms with Crippen molar-refractivity contribution in [2.45, 2.75) is 0 Å². The van der Waals surface area contributed by atoms with E-state index in [1.807, 2.05) is 6.07 Å². The molecule has 0 aromatic heterocycles. The van der Waals surface area contributed by atoms with Crippen molar-refractivity contribution in [1.29, 1.82) is 5.26 Å². The molecule has 0 saturated heterocycles. The Balaban J connectivity index is 3.37. The summed E-state index contributed by atoms with van der Waals surface area (Å²) in [7, 11) is 0. The van der Waals surface area contributed by atoms with Crippen molar-refractivity contribution in [2.24, 2.45) is 0 Å². The first-order valence-electron chi connectivity index (χ1n) is 2.63. The first-order valence-corrected chi connectivity index (χ1v) is 2.63. The third-order valence-electron chi connectivity index (χ3n) is 0.642. The second-order valence-corrected chi connectivity index (χ2v) is 1.33. The summed E-state index contributed by atoms with van der Waals surface area (Å²) in [5.74, 6) is 0. The molecule has 0 aromatic rings. The molecule has 2 heteroatoms. The Morgan fingerprint density at radius 3 is 2.89 bits per heavy atom. The number of hydrogen-bond donors (Lipinski definition) is 1. The number of nitrogens with zero attached hydrogens (tertiary/aromatic N) is 1. The van der Waals surface area contributed by atoms with Crippen LogP contribution >= 0.6 is 0 Å². The molecule has 0 aromatic carbocycles. The Morgan fingerprint density at radius 2 is 2.33 bits per heavy atom. The summed E-state index contributed by atoms with van der Waals surface area (Å²) in [6, 6.07) is 1.94. The van der Waals surface area contributed by atoms with Crippen molar-refractivity contribution in [3.05, 3.63) is 24.8 Å². The summed E-state index contributed by atoms with van der Waals surface area (Å²) < 4.78 is 0. The van der Waals surface area contributed by atoms with Crippen LogP contribution in [0.2, 0.25) is 0 Å². The summed E-state index contributed by atoms with van der Waals surface area (Å²) in [6.07, 6.45) is 6.93. The highest BCUT2D eigenvalue weighted by Gasteiger charge is 1.72. The Bertz CT molecular complexity index is 160. The van der Waals surface area contributed by atoms with Crippen LogP contribution in [0.1, 0.15) is 0 Å². The van der Waals surface area contributed by atoms with Crippen LogP contribution in [0.3, 0.4) is 0 Å². The molecule has 46 valence electrons. The maximum absolute atomic E-state index is 8.05. The lowest BCUT2D eigenvalue weighted by molar-refractivity contribution is -0.435. The van der Waals surface area contributed by atoms with Crippen LogP contribution in [0.25, 0.3) is 0 Å². The molecule has 0 aliphatic carbocycles. The first-order chi connectivity index (χ1) is 4.41. The monoisotopic (exact) mass is 121 g/mol. The van der Waals surface area contributed by atoms with Gasteiger partial charge in [0, 0.05) is 6.08 Å². The van der Waals surface area contributed by atoms with Crippen molar-refractivity contribution in [2.75, 3.05) is 6.54 Å². The zero-order valence-electron chi connectivity index (χ0n) is 5.17. The predicted molar refractivity (Wildman–Crippen MR) is 36.8 cm³/mol. The topological polar surface area (TPSA) is 37.8 Å². The van der Waals surface area contributed by atoms with Gasteiger partial charge >= 0.3 is 0 Å². The molecule has 0 radical (unpaired) electrons. The predicted octanol–water partition coefficient (Wildman–Crippen LogP) is -0.596. The maximum atomic E-state index is 8.05. The van der Waals surface area contributed by atoms with Crippen LogP contribution in [0.4, 0.5) is 0 Å². The van der Waals surface area contributed by atoms with Crippen LogP contribution in [-0.4, -0.2) is 12.8 Å². The molecule has 0 atom stereocenters. The largest absolute Gasteiger partial charge is 0.235 e. The lowest BCUT2D eigenvalue weighted by atomic mass is 10.5. The van der Waals surface area contributed by atoms with Crippen LogP contribution in [0, 0.1) is 11.3 Å². The minimum Gasteiger partial charge on any atom is -0.235 e. The molecule has 0 amide bonds. The van der Waals surface area contributed by atoms with Gasteiger partial charge in [0.05, 0.1) is 0 Å². The summed E-state index contributed by atoms with van der Waals surface area (Å²) >= 11 is 0. The number of nitrogens with one attached hydrogen (secondary N) is 1. The highest BCUT2D eigenvalue weighted by Crippen LogP contribution is 1.62. The van der Waals surface area contributed by atoms with Gasteiger partial charge < -0.3 is 0 Å². The normalized spacial score (nSPS) is 10.1. The minimum atomic E-state index is 0.349. The fourth-order valence-electron chi connectivity index (χ4n) is 0.307. The molecule has 0 heterocycles. The summed E-state index contributed by atoms with van der Waals surface area (Å²) in [5.41, 5.74) is 0. The summed E-state index contributed by atoms with van der Waals surface area (Å²) in [6.45, 7) is 3.83. The van der Waals surface area contributed by atoms with Gasteiger partial charge in [-0.2, -0.15) is 5.26 Å². The Kier molecular flexibility index (Phi) is 5.64. The number of rotatable bonds is 3. The van der Waals surface area contributed by atoms with E-state index in [1.54, 1.807) is 24.4 Å². The molecule has 0 unspecified atom stereocenters. The van der Waals surface area contributed by atoms with Gasteiger partial charge in [0.1, 0.15) is 6.07 Å². The molecular formula is C7H9N2+. The fourth-order valence-corrected chi connectivity index (χ4v) is 0.307. The Labute approximate surface area is 54.8 Å². The number of nitriles is 1. The zero-order chi connectivity index (χ0) is 6.95. The fraction of sp³-hybridized carbons (Fsp3) is 0.143. The van der Waals surface area contributed by atoms with Gasteiger partial charge in [0.25, 0.3) is 0 Å². The van der Waals surface area contributed by atoms with Gasteiger partial charge in [-0.05, 0) is 0 Å². The molecule has 0 bridgehead atoms. The summed E-state index contributed by atoms with van der Waals surface area (Å²) in [5, 5.41) is 8.05. The van der Waals surface area contributed by atoms with Gasteiger partial charge in [-0.3, -0.25) is 0 Å². The standard InChI is InChI=1S/C7H8N2/c1-2-3-4-6-9-7-5-8/h2-4,6H,1,7H2/p+1/b4-3-,9-6?. The van der Waals surface area contributed by atoms with Crippen molar-refractivity contribution in [3.8, 4) is 6.07 Å². The van der Waals surface area contributed by atoms with E-state index >= 15 is 0 Å². The average molecular weight is 121 g/mol. The zero-order valence-corrected chi connectivity index (χ0v) is 5.17. The lowest BCUT2D eigenvalue weighted by Crippen LogP contribution is -2.68. The van der Waals surface area contributed by atoms with Crippen molar-refractivity contribution in [1.82, 2.24) is 0 Å². The first kappa shape index (κ1) is 7.64. The van der Waals surface area contributed by atoms with Gasteiger partial charge in [0.15, 0.2) is 6.21 Å². The molecule has 0 rings (SSSR count). The van der Waals surface area contributed by atoms with Crippen molar-refractivity contribution < 1.29 is 4.99 Å². The molecule has 0 fully saturated rings. The number of hydrogen-bond acceptors (Lipinski definition) is 1. The maximum Gasteiger partial charge on any atom is 0.226 e. The van der Waals surface area contributed by atoms with E-state index in [0.29, 0.717) is 6.54 Å². The molecule has 0 aliphatic heterocycles. The van der Waals surface area contributed by atoms with E-state index in [9.17, 15) is 0 Å². The van der Waals surface area contributed by atoms with Gasteiger partial charge in [0.2, 0.25) is 6.54 Å². The van der Waals surface area contributed by atoms with Crippen LogP contribution < -0.4 is 4.99 Å². The Hall–Kier alpha value is -1.36.